The first kappa shape index (κ1) is 14.5. The molecule has 0 atom stereocenters. The highest BCUT2D eigenvalue weighted by Gasteiger charge is 2.14. The molecule has 1 N–H and O–H groups in total. The standard InChI is InChI=1S/C15H12BrFO3/c1-9-7-11(17)6-5-10(9)8-20-14-12(15(18)19)3-2-4-13(14)16/h2-7H,8H2,1H3,(H,18,19). The number of benzene rings is 2. The quantitative estimate of drug-likeness (QED) is 0.909. The van der Waals surface area contributed by atoms with E-state index in [4.69, 9.17) is 9.84 Å². The van der Waals surface area contributed by atoms with Gasteiger partial charge in [-0.05, 0) is 58.2 Å². The van der Waals surface area contributed by atoms with Gasteiger partial charge in [0.25, 0.3) is 0 Å². The largest absolute Gasteiger partial charge is 0.487 e. The highest BCUT2D eigenvalue weighted by Crippen LogP contribution is 2.30. The molecule has 0 aliphatic heterocycles. The van der Waals surface area contributed by atoms with Gasteiger partial charge in [0.1, 0.15) is 23.7 Å². The Morgan fingerprint density at radius 3 is 2.75 bits per heavy atom. The molecule has 0 unspecified atom stereocenters. The molecule has 2 aromatic rings. The van der Waals surface area contributed by atoms with Gasteiger partial charge in [0, 0.05) is 0 Å². The lowest BCUT2D eigenvalue weighted by Crippen LogP contribution is -2.05. The third-order valence-corrected chi connectivity index (χ3v) is 3.50. The Morgan fingerprint density at radius 1 is 1.35 bits per heavy atom. The summed E-state index contributed by atoms with van der Waals surface area (Å²) in [5, 5.41) is 9.13. The zero-order chi connectivity index (χ0) is 14.7. The number of aryl methyl sites for hydroxylation is 1. The van der Waals surface area contributed by atoms with Crippen molar-refractivity contribution in [3.05, 3.63) is 63.4 Å². The van der Waals surface area contributed by atoms with Gasteiger partial charge in [-0.1, -0.05) is 12.1 Å². The van der Waals surface area contributed by atoms with Crippen LogP contribution in [0.25, 0.3) is 0 Å². The fraction of sp³-hybridized carbons (Fsp3) is 0.133. The second kappa shape index (κ2) is 6.05. The second-order valence-electron chi connectivity index (χ2n) is 4.28. The molecular weight excluding hydrogens is 327 g/mol. The summed E-state index contributed by atoms with van der Waals surface area (Å²) in [6, 6.07) is 9.20. The lowest BCUT2D eigenvalue weighted by molar-refractivity contribution is 0.0691. The maximum atomic E-state index is 13.0. The SMILES string of the molecule is Cc1cc(F)ccc1COc1c(Br)cccc1C(=O)O. The molecule has 0 aliphatic carbocycles. The van der Waals surface area contributed by atoms with Crippen molar-refractivity contribution >= 4 is 21.9 Å². The maximum Gasteiger partial charge on any atom is 0.339 e. The average molecular weight is 339 g/mol. The molecule has 0 saturated carbocycles. The smallest absolute Gasteiger partial charge is 0.339 e. The zero-order valence-corrected chi connectivity index (χ0v) is 12.3. The predicted molar refractivity (Wildman–Crippen MR) is 76.6 cm³/mol. The second-order valence-corrected chi connectivity index (χ2v) is 5.14. The van der Waals surface area contributed by atoms with Crippen LogP contribution in [0.2, 0.25) is 0 Å². The van der Waals surface area contributed by atoms with E-state index in [9.17, 15) is 9.18 Å². The number of rotatable bonds is 4. The van der Waals surface area contributed by atoms with Crippen molar-refractivity contribution in [1.82, 2.24) is 0 Å². The summed E-state index contributed by atoms with van der Waals surface area (Å²) in [6.45, 7) is 1.95. The van der Waals surface area contributed by atoms with Crippen LogP contribution >= 0.6 is 15.9 Å². The third-order valence-electron chi connectivity index (χ3n) is 2.87. The Bertz CT molecular complexity index is 656. The van der Waals surface area contributed by atoms with Gasteiger partial charge in [-0.25, -0.2) is 9.18 Å². The van der Waals surface area contributed by atoms with Gasteiger partial charge in [-0.3, -0.25) is 0 Å². The molecule has 0 aliphatic rings. The number of ether oxygens (including phenoxy) is 1. The fourth-order valence-corrected chi connectivity index (χ4v) is 2.28. The molecule has 0 heterocycles. The van der Waals surface area contributed by atoms with Crippen molar-refractivity contribution in [1.29, 1.82) is 0 Å². The number of aromatic carboxylic acids is 1. The number of carboxylic acids is 1. The maximum absolute atomic E-state index is 13.0. The van der Waals surface area contributed by atoms with Crippen LogP contribution in [-0.2, 0) is 6.61 Å². The summed E-state index contributed by atoms with van der Waals surface area (Å²) in [5.74, 6) is -1.10. The van der Waals surface area contributed by atoms with E-state index in [1.54, 1.807) is 25.1 Å². The van der Waals surface area contributed by atoms with Gasteiger partial charge >= 0.3 is 5.97 Å². The molecule has 2 aromatic carbocycles. The zero-order valence-electron chi connectivity index (χ0n) is 10.7. The highest BCUT2D eigenvalue weighted by molar-refractivity contribution is 9.10. The van der Waals surface area contributed by atoms with Crippen molar-refractivity contribution in [2.45, 2.75) is 13.5 Å². The third kappa shape index (κ3) is 3.17. The normalized spacial score (nSPS) is 10.3. The van der Waals surface area contributed by atoms with Crippen molar-refractivity contribution in [2.24, 2.45) is 0 Å². The number of hydrogen-bond acceptors (Lipinski definition) is 2. The Kier molecular flexibility index (Phi) is 4.39. The molecule has 0 radical (unpaired) electrons. The summed E-state index contributed by atoms with van der Waals surface area (Å²) in [6.07, 6.45) is 0. The van der Waals surface area contributed by atoms with Crippen LogP contribution in [0.15, 0.2) is 40.9 Å². The molecule has 5 heteroatoms. The van der Waals surface area contributed by atoms with E-state index in [-0.39, 0.29) is 23.7 Å². The molecule has 0 saturated heterocycles. The van der Waals surface area contributed by atoms with Crippen molar-refractivity contribution in [3.63, 3.8) is 0 Å². The first-order valence-electron chi connectivity index (χ1n) is 5.88. The minimum atomic E-state index is -1.06. The number of carbonyl (C=O) groups is 1. The first-order chi connectivity index (χ1) is 9.49. The molecule has 20 heavy (non-hydrogen) atoms. The van der Waals surface area contributed by atoms with E-state index in [0.717, 1.165) is 11.1 Å². The molecule has 0 bridgehead atoms. The fourth-order valence-electron chi connectivity index (χ4n) is 1.80. The molecule has 0 spiro atoms. The van der Waals surface area contributed by atoms with E-state index in [2.05, 4.69) is 15.9 Å². The van der Waals surface area contributed by atoms with Gasteiger partial charge in [0.05, 0.1) is 4.47 Å². The van der Waals surface area contributed by atoms with Gasteiger partial charge in [0.2, 0.25) is 0 Å². The van der Waals surface area contributed by atoms with Gasteiger partial charge in [0.15, 0.2) is 0 Å². The highest BCUT2D eigenvalue weighted by atomic mass is 79.9. The summed E-state index contributed by atoms with van der Waals surface area (Å²) < 4.78 is 19.2. The Balaban J connectivity index is 2.25. The molecule has 2 rings (SSSR count). The minimum Gasteiger partial charge on any atom is -0.487 e. The van der Waals surface area contributed by atoms with Gasteiger partial charge in [-0.2, -0.15) is 0 Å². The van der Waals surface area contributed by atoms with Crippen LogP contribution in [0, 0.1) is 12.7 Å². The van der Waals surface area contributed by atoms with Crippen molar-refractivity contribution < 1.29 is 19.0 Å². The molecule has 0 amide bonds. The van der Waals surface area contributed by atoms with Gasteiger partial charge in [-0.15, -0.1) is 0 Å². The molecule has 104 valence electrons. The Hall–Kier alpha value is -1.88. The lowest BCUT2D eigenvalue weighted by atomic mass is 10.1. The predicted octanol–water partition coefficient (Wildman–Crippen LogP) is 4.17. The van der Waals surface area contributed by atoms with Crippen LogP contribution in [0.3, 0.4) is 0 Å². The monoisotopic (exact) mass is 338 g/mol. The van der Waals surface area contributed by atoms with Crippen LogP contribution < -0.4 is 4.74 Å². The Labute approximate surface area is 124 Å². The Morgan fingerprint density at radius 2 is 2.10 bits per heavy atom. The number of carboxylic acid groups (broad SMARTS) is 1. The first-order valence-corrected chi connectivity index (χ1v) is 6.68. The van der Waals surface area contributed by atoms with Crippen molar-refractivity contribution in [3.8, 4) is 5.75 Å². The summed E-state index contributed by atoms with van der Waals surface area (Å²) >= 11 is 3.27. The van der Waals surface area contributed by atoms with Crippen molar-refractivity contribution in [2.75, 3.05) is 0 Å². The number of halogens is 2. The lowest BCUT2D eigenvalue weighted by Gasteiger charge is -2.12. The summed E-state index contributed by atoms with van der Waals surface area (Å²) in [5.41, 5.74) is 1.64. The van der Waals surface area contributed by atoms with Crippen LogP contribution in [0.1, 0.15) is 21.5 Å². The van der Waals surface area contributed by atoms with Gasteiger partial charge < -0.3 is 9.84 Å². The molecular formula is C15H12BrFO3. The molecule has 0 aromatic heterocycles. The summed E-state index contributed by atoms with van der Waals surface area (Å²) in [4.78, 5) is 11.1. The van der Waals surface area contributed by atoms with Crippen LogP contribution in [0.4, 0.5) is 4.39 Å². The van der Waals surface area contributed by atoms with Crippen LogP contribution in [0.5, 0.6) is 5.75 Å². The van der Waals surface area contributed by atoms with E-state index in [1.165, 1.54) is 18.2 Å². The van der Waals surface area contributed by atoms with Crippen LogP contribution in [-0.4, -0.2) is 11.1 Å². The number of hydrogen-bond donors (Lipinski definition) is 1. The average Bonchev–Trinajstić information content (AvgIpc) is 2.38. The van der Waals surface area contributed by atoms with E-state index >= 15 is 0 Å². The van der Waals surface area contributed by atoms with E-state index in [1.807, 2.05) is 0 Å². The van der Waals surface area contributed by atoms with E-state index in [0.29, 0.717) is 4.47 Å². The minimum absolute atomic E-state index is 0.0825. The number of para-hydroxylation sites is 1. The summed E-state index contributed by atoms with van der Waals surface area (Å²) in [7, 11) is 0. The molecule has 3 nitrogen and oxygen atoms in total. The topological polar surface area (TPSA) is 46.5 Å². The van der Waals surface area contributed by atoms with E-state index < -0.39 is 5.97 Å². The molecule has 0 fully saturated rings.